The maximum Gasteiger partial charge on any atom is 0.155 e. The predicted octanol–water partition coefficient (Wildman–Crippen LogP) is 3.01. The lowest BCUT2D eigenvalue weighted by Crippen LogP contribution is -1.96. The van der Waals surface area contributed by atoms with E-state index in [4.69, 9.17) is 9.26 Å². The van der Waals surface area contributed by atoms with Crippen LogP contribution >= 0.6 is 0 Å². The second-order valence-electron chi connectivity index (χ2n) is 3.21. The van der Waals surface area contributed by atoms with Crippen LogP contribution in [0.15, 0.2) is 29.0 Å². The van der Waals surface area contributed by atoms with Crippen molar-refractivity contribution in [3.63, 3.8) is 0 Å². The quantitative estimate of drug-likeness (QED) is 0.697. The number of unbranched alkanes of at least 4 members (excludes halogenated alkanes) is 1. The maximum atomic E-state index is 5.60. The van der Waals surface area contributed by atoms with E-state index in [2.05, 4.69) is 12.1 Å². The molecule has 0 aliphatic heterocycles. The van der Waals surface area contributed by atoms with Crippen LogP contribution in [-0.2, 0) is 0 Å². The first-order valence-corrected chi connectivity index (χ1v) is 4.87. The lowest BCUT2D eigenvalue weighted by Gasteiger charge is -2.04. The van der Waals surface area contributed by atoms with Crippen LogP contribution < -0.4 is 4.74 Å². The SMILES string of the molecule is CCCCOc1cccc2conc12. The van der Waals surface area contributed by atoms with Gasteiger partial charge in [-0.15, -0.1) is 0 Å². The monoisotopic (exact) mass is 191 g/mol. The smallest absolute Gasteiger partial charge is 0.155 e. The molecule has 0 saturated heterocycles. The molecule has 0 aliphatic carbocycles. The van der Waals surface area contributed by atoms with Crippen molar-refractivity contribution in [2.45, 2.75) is 19.8 Å². The average molecular weight is 191 g/mol. The van der Waals surface area contributed by atoms with E-state index in [1.165, 1.54) is 0 Å². The first-order valence-electron chi connectivity index (χ1n) is 4.87. The maximum absolute atomic E-state index is 5.60. The molecule has 0 saturated carbocycles. The Morgan fingerprint density at radius 3 is 3.21 bits per heavy atom. The Bertz CT molecular complexity index is 408. The fourth-order valence-electron chi connectivity index (χ4n) is 1.31. The van der Waals surface area contributed by atoms with Crippen LogP contribution in [0.5, 0.6) is 5.75 Å². The van der Waals surface area contributed by atoms with Gasteiger partial charge in [0.1, 0.15) is 12.0 Å². The molecule has 0 spiro atoms. The minimum absolute atomic E-state index is 0.739. The summed E-state index contributed by atoms with van der Waals surface area (Å²) < 4.78 is 10.5. The molecule has 1 aromatic carbocycles. The third kappa shape index (κ3) is 1.71. The summed E-state index contributed by atoms with van der Waals surface area (Å²) in [5.41, 5.74) is 0.809. The van der Waals surface area contributed by atoms with Gasteiger partial charge in [-0.2, -0.15) is 0 Å². The summed E-state index contributed by atoms with van der Waals surface area (Å²) in [4.78, 5) is 0. The van der Waals surface area contributed by atoms with Gasteiger partial charge in [0, 0.05) is 5.39 Å². The standard InChI is InChI=1S/C11H13NO2/c1-2-3-7-13-10-6-4-5-9-8-14-12-11(9)10/h4-6,8H,2-3,7H2,1H3. The molecule has 0 aliphatic rings. The van der Waals surface area contributed by atoms with E-state index in [1.54, 1.807) is 6.26 Å². The van der Waals surface area contributed by atoms with Gasteiger partial charge in [0.05, 0.1) is 6.61 Å². The molecule has 1 heterocycles. The van der Waals surface area contributed by atoms with Gasteiger partial charge < -0.3 is 9.26 Å². The van der Waals surface area contributed by atoms with Crippen molar-refractivity contribution in [2.24, 2.45) is 0 Å². The number of fused-ring (bicyclic) bond motifs is 1. The molecule has 2 aromatic rings. The van der Waals surface area contributed by atoms with Gasteiger partial charge >= 0.3 is 0 Å². The molecule has 0 amide bonds. The molecule has 74 valence electrons. The molecule has 14 heavy (non-hydrogen) atoms. The molecular weight excluding hydrogens is 178 g/mol. The van der Waals surface area contributed by atoms with E-state index in [9.17, 15) is 0 Å². The topological polar surface area (TPSA) is 35.3 Å². The summed E-state index contributed by atoms with van der Waals surface area (Å²) in [6, 6.07) is 5.82. The van der Waals surface area contributed by atoms with Crippen LogP contribution in [0.1, 0.15) is 19.8 Å². The second-order valence-corrected chi connectivity index (χ2v) is 3.21. The summed E-state index contributed by atoms with van der Waals surface area (Å²) in [6.45, 7) is 2.88. The zero-order chi connectivity index (χ0) is 9.80. The van der Waals surface area contributed by atoms with Gasteiger partial charge in [-0.3, -0.25) is 0 Å². The van der Waals surface area contributed by atoms with E-state index in [-0.39, 0.29) is 0 Å². The Kier molecular flexibility index (Phi) is 2.68. The van der Waals surface area contributed by atoms with Crippen molar-refractivity contribution in [3.05, 3.63) is 24.5 Å². The van der Waals surface area contributed by atoms with E-state index in [0.717, 1.165) is 36.1 Å². The Balaban J connectivity index is 2.19. The molecule has 0 unspecified atom stereocenters. The summed E-state index contributed by atoms with van der Waals surface area (Å²) in [5.74, 6) is 0.810. The van der Waals surface area contributed by atoms with Crippen molar-refractivity contribution >= 4 is 10.9 Å². The summed E-state index contributed by atoms with van der Waals surface area (Å²) >= 11 is 0. The van der Waals surface area contributed by atoms with Crippen LogP contribution in [-0.4, -0.2) is 11.8 Å². The van der Waals surface area contributed by atoms with Crippen molar-refractivity contribution in [1.29, 1.82) is 0 Å². The van der Waals surface area contributed by atoms with E-state index < -0.39 is 0 Å². The zero-order valence-corrected chi connectivity index (χ0v) is 8.19. The van der Waals surface area contributed by atoms with Crippen LogP contribution in [0.4, 0.5) is 0 Å². The minimum Gasteiger partial charge on any atom is -0.491 e. The van der Waals surface area contributed by atoms with Crippen LogP contribution in [0.3, 0.4) is 0 Å². The minimum atomic E-state index is 0.739. The summed E-state index contributed by atoms with van der Waals surface area (Å²) in [5, 5.41) is 4.88. The number of nitrogens with zero attached hydrogens (tertiary/aromatic N) is 1. The van der Waals surface area contributed by atoms with Gasteiger partial charge in [-0.05, 0) is 18.6 Å². The van der Waals surface area contributed by atoms with Crippen molar-refractivity contribution < 1.29 is 9.26 Å². The third-order valence-electron chi connectivity index (χ3n) is 2.11. The van der Waals surface area contributed by atoms with E-state index >= 15 is 0 Å². The Morgan fingerprint density at radius 2 is 2.36 bits per heavy atom. The molecule has 2 rings (SSSR count). The number of benzene rings is 1. The average Bonchev–Trinajstić information content (AvgIpc) is 2.67. The van der Waals surface area contributed by atoms with E-state index in [1.807, 2.05) is 18.2 Å². The number of hydrogen-bond acceptors (Lipinski definition) is 3. The Labute approximate surface area is 82.7 Å². The highest BCUT2D eigenvalue weighted by atomic mass is 16.5. The van der Waals surface area contributed by atoms with E-state index in [0.29, 0.717) is 0 Å². The van der Waals surface area contributed by atoms with Crippen molar-refractivity contribution in [1.82, 2.24) is 5.16 Å². The predicted molar refractivity (Wildman–Crippen MR) is 54.4 cm³/mol. The normalized spacial score (nSPS) is 10.6. The molecule has 0 fully saturated rings. The molecular formula is C11H13NO2. The van der Waals surface area contributed by atoms with Crippen LogP contribution in [0, 0.1) is 0 Å². The molecule has 0 bridgehead atoms. The number of rotatable bonds is 4. The third-order valence-corrected chi connectivity index (χ3v) is 2.11. The fourth-order valence-corrected chi connectivity index (χ4v) is 1.31. The van der Waals surface area contributed by atoms with Crippen LogP contribution in [0.2, 0.25) is 0 Å². The Hall–Kier alpha value is -1.51. The number of hydrogen-bond donors (Lipinski definition) is 0. The highest BCUT2D eigenvalue weighted by Gasteiger charge is 2.04. The first-order chi connectivity index (χ1) is 6.92. The first kappa shape index (κ1) is 9.06. The Morgan fingerprint density at radius 1 is 1.43 bits per heavy atom. The lowest BCUT2D eigenvalue weighted by atomic mass is 10.2. The zero-order valence-electron chi connectivity index (χ0n) is 8.19. The largest absolute Gasteiger partial charge is 0.491 e. The van der Waals surface area contributed by atoms with Gasteiger partial charge in [0.2, 0.25) is 0 Å². The van der Waals surface area contributed by atoms with Gasteiger partial charge in [0.15, 0.2) is 5.52 Å². The van der Waals surface area contributed by atoms with Crippen molar-refractivity contribution in [3.8, 4) is 5.75 Å². The summed E-state index contributed by atoms with van der Waals surface area (Å²) in [6.07, 6.45) is 3.82. The summed E-state index contributed by atoms with van der Waals surface area (Å²) in [7, 11) is 0. The highest BCUT2D eigenvalue weighted by molar-refractivity contribution is 5.83. The lowest BCUT2D eigenvalue weighted by molar-refractivity contribution is 0.310. The molecule has 3 heteroatoms. The number of ether oxygens (including phenoxy) is 1. The molecule has 0 radical (unpaired) electrons. The van der Waals surface area contributed by atoms with Gasteiger partial charge in [0.25, 0.3) is 0 Å². The van der Waals surface area contributed by atoms with Crippen LogP contribution in [0.25, 0.3) is 10.9 Å². The second kappa shape index (κ2) is 4.13. The highest BCUT2D eigenvalue weighted by Crippen LogP contribution is 2.23. The fraction of sp³-hybridized carbons (Fsp3) is 0.364. The van der Waals surface area contributed by atoms with Gasteiger partial charge in [-0.1, -0.05) is 24.6 Å². The number of aromatic nitrogens is 1. The molecule has 1 aromatic heterocycles. The molecule has 0 atom stereocenters. The van der Waals surface area contributed by atoms with Crippen molar-refractivity contribution in [2.75, 3.05) is 6.61 Å². The van der Waals surface area contributed by atoms with Gasteiger partial charge in [-0.25, -0.2) is 0 Å². The molecule has 3 nitrogen and oxygen atoms in total. The molecule has 0 N–H and O–H groups in total.